The van der Waals surface area contributed by atoms with Gasteiger partial charge in [0.2, 0.25) is 0 Å². The average Bonchev–Trinajstić information content (AvgIpc) is 2.70. The van der Waals surface area contributed by atoms with Crippen LogP contribution in [0.4, 0.5) is 0 Å². The van der Waals surface area contributed by atoms with E-state index in [1.54, 1.807) is 0 Å². The van der Waals surface area contributed by atoms with Crippen LogP contribution in [0.1, 0.15) is 89.0 Å². The molecule has 2 nitrogen and oxygen atoms in total. The first-order valence-electron chi connectivity index (χ1n) is 11.5. The molecule has 0 aliphatic heterocycles. The molecule has 0 aromatic heterocycles. The number of hydrogen-bond acceptors (Lipinski definition) is 2. The van der Waals surface area contributed by atoms with Gasteiger partial charge in [-0.1, -0.05) is 113 Å². The van der Waals surface area contributed by atoms with Crippen LogP contribution in [0.3, 0.4) is 0 Å². The number of benzene rings is 1. The van der Waals surface area contributed by atoms with Crippen LogP contribution in [0.15, 0.2) is 30.3 Å². The van der Waals surface area contributed by atoms with E-state index in [2.05, 4.69) is 51.2 Å². The second kappa shape index (κ2) is 20.1. The molecule has 0 aliphatic rings. The van der Waals surface area contributed by atoms with Crippen LogP contribution in [0.25, 0.3) is 0 Å². The van der Waals surface area contributed by atoms with Crippen molar-refractivity contribution in [1.29, 1.82) is 0 Å². The highest BCUT2D eigenvalue weighted by Gasteiger charge is 1.95. The predicted octanol–water partition coefficient (Wildman–Crippen LogP) is 6.02. The minimum atomic E-state index is 0.972. The molecule has 0 unspecified atom stereocenters. The fourth-order valence-corrected chi connectivity index (χ4v) is 3.70. The fourth-order valence-electron chi connectivity index (χ4n) is 3.45. The van der Waals surface area contributed by atoms with Crippen molar-refractivity contribution in [1.82, 2.24) is 10.6 Å². The highest BCUT2D eigenvalue weighted by atomic mass is 28.1. The fraction of sp³-hybridized carbons (Fsp3) is 0.750. The zero-order valence-corrected chi connectivity index (χ0v) is 18.6. The van der Waals surface area contributed by atoms with Crippen LogP contribution < -0.4 is 10.6 Å². The quantitative estimate of drug-likeness (QED) is 0.211. The number of nitrogens with one attached hydrogen (secondary N) is 2. The van der Waals surface area contributed by atoms with Gasteiger partial charge in [-0.25, -0.2) is 0 Å². The Bertz CT molecular complexity index is 397. The summed E-state index contributed by atoms with van der Waals surface area (Å²) in [6, 6.07) is 11.8. The van der Waals surface area contributed by atoms with E-state index in [9.17, 15) is 0 Å². The summed E-state index contributed by atoms with van der Waals surface area (Å²) in [4.78, 5) is 0. The molecule has 0 bridgehead atoms. The van der Waals surface area contributed by atoms with Crippen molar-refractivity contribution in [3.05, 3.63) is 35.9 Å². The van der Waals surface area contributed by atoms with Gasteiger partial charge in [0, 0.05) is 29.9 Å². The summed E-state index contributed by atoms with van der Waals surface area (Å²) in [5, 5.41) is 7.04. The Kier molecular flexibility index (Phi) is 18.2. The molecule has 1 aromatic carbocycles. The molecule has 0 spiro atoms. The molecular weight excluding hydrogens is 344 g/mol. The normalized spacial score (nSPS) is 11.1. The van der Waals surface area contributed by atoms with E-state index in [0.717, 1.165) is 19.6 Å². The van der Waals surface area contributed by atoms with Crippen LogP contribution in [0, 0.1) is 0 Å². The SMILES string of the molecule is [Si]CCCCCCCCCCCCCCCNCCNCc1ccccc1. The summed E-state index contributed by atoms with van der Waals surface area (Å²) >= 11 is 0. The maximum absolute atomic E-state index is 3.55. The van der Waals surface area contributed by atoms with Crippen molar-refractivity contribution in [3.8, 4) is 0 Å². The summed E-state index contributed by atoms with van der Waals surface area (Å²) < 4.78 is 0. The Hall–Kier alpha value is -0.643. The molecule has 0 heterocycles. The Balaban J connectivity index is 1.67. The molecule has 153 valence electrons. The van der Waals surface area contributed by atoms with Gasteiger partial charge in [0.25, 0.3) is 0 Å². The van der Waals surface area contributed by atoms with Crippen LogP contribution >= 0.6 is 0 Å². The highest BCUT2D eigenvalue weighted by Crippen LogP contribution is 2.12. The summed E-state index contributed by atoms with van der Waals surface area (Å²) in [5.41, 5.74) is 1.36. The van der Waals surface area contributed by atoms with E-state index in [4.69, 9.17) is 0 Å². The van der Waals surface area contributed by atoms with E-state index in [-0.39, 0.29) is 0 Å². The average molecular weight is 388 g/mol. The zero-order chi connectivity index (χ0) is 19.3. The minimum absolute atomic E-state index is 0.972. The molecule has 1 rings (SSSR count). The summed E-state index contributed by atoms with van der Waals surface area (Å²) in [6.45, 7) is 4.26. The van der Waals surface area contributed by atoms with Crippen LogP contribution in [-0.2, 0) is 6.54 Å². The van der Waals surface area contributed by atoms with Crippen molar-refractivity contribution in [2.24, 2.45) is 0 Å². The largest absolute Gasteiger partial charge is 0.315 e. The smallest absolute Gasteiger partial charge is 0.0222 e. The van der Waals surface area contributed by atoms with Gasteiger partial charge >= 0.3 is 0 Å². The van der Waals surface area contributed by atoms with Gasteiger partial charge in [-0.3, -0.25) is 0 Å². The highest BCUT2D eigenvalue weighted by molar-refractivity contribution is 6.08. The van der Waals surface area contributed by atoms with E-state index >= 15 is 0 Å². The summed E-state index contributed by atoms with van der Waals surface area (Å²) in [7, 11) is 3.55. The maximum atomic E-state index is 3.55. The molecule has 27 heavy (non-hydrogen) atoms. The van der Waals surface area contributed by atoms with Gasteiger partial charge in [-0.15, -0.1) is 0 Å². The van der Waals surface area contributed by atoms with Gasteiger partial charge < -0.3 is 10.6 Å². The van der Waals surface area contributed by atoms with Crippen LogP contribution in [-0.4, -0.2) is 29.9 Å². The molecule has 0 saturated heterocycles. The second-order valence-corrected chi connectivity index (χ2v) is 8.26. The standard InChI is InChI=1S/C24H43N2Si/c27-22-16-11-9-7-5-3-1-2-4-6-8-10-15-19-25-20-21-26-23-24-17-13-12-14-18-24/h12-14,17-18,25-26H,1-11,15-16,19-23H2. The molecule has 3 radical (unpaired) electrons. The van der Waals surface area contributed by atoms with E-state index in [1.807, 2.05) is 0 Å². The first-order valence-corrected chi connectivity index (χ1v) is 12.2. The first-order chi connectivity index (χ1) is 13.4. The van der Waals surface area contributed by atoms with E-state index < -0.39 is 0 Å². The van der Waals surface area contributed by atoms with Gasteiger partial charge in [-0.2, -0.15) is 0 Å². The molecule has 1 aromatic rings. The molecular formula is C24H43N2Si. The third-order valence-corrected chi connectivity index (χ3v) is 5.53. The monoisotopic (exact) mass is 387 g/mol. The molecule has 0 aliphatic carbocycles. The van der Waals surface area contributed by atoms with Crippen molar-refractivity contribution in [2.75, 3.05) is 19.6 Å². The van der Waals surface area contributed by atoms with Crippen LogP contribution in [0.2, 0.25) is 6.04 Å². The molecule has 0 atom stereocenters. The molecule has 2 N–H and O–H groups in total. The van der Waals surface area contributed by atoms with Gasteiger partial charge in [0.15, 0.2) is 0 Å². The van der Waals surface area contributed by atoms with Crippen molar-refractivity contribution < 1.29 is 0 Å². The van der Waals surface area contributed by atoms with Crippen LogP contribution in [0.5, 0.6) is 0 Å². The number of hydrogen-bond donors (Lipinski definition) is 2. The lowest BCUT2D eigenvalue weighted by Gasteiger charge is -2.07. The van der Waals surface area contributed by atoms with Gasteiger partial charge in [0.05, 0.1) is 0 Å². The minimum Gasteiger partial charge on any atom is -0.315 e. The lowest BCUT2D eigenvalue weighted by Crippen LogP contribution is -2.27. The molecule has 0 saturated carbocycles. The number of unbranched alkanes of at least 4 members (excludes halogenated alkanes) is 12. The van der Waals surface area contributed by atoms with Crippen molar-refractivity contribution in [3.63, 3.8) is 0 Å². The summed E-state index contributed by atoms with van der Waals surface area (Å²) in [6.07, 6.45) is 18.4. The van der Waals surface area contributed by atoms with Gasteiger partial charge in [-0.05, 0) is 18.5 Å². The lowest BCUT2D eigenvalue weighted by atomic mass is 10.0. The maximum Gasteiger partial charge on any atom is 0.0222 e. The Morgan fingerprint density at radius 3 is 1.56 bits per heavy atom. The molecule has 0 amide bonds. The Morgan fingerprint density at radius 1 is 0.519 bits per heavy atom. The Morgan fingerprint density at radius 2 is 1.00 bits per heavy atom. The topological polar surface area (TPSA) is 24.1 Å². The lowest BCUT2D eigenvalue weighted by molar-refractivity contribution is 0.529. The molecule has 0 fully saturated rings. The third kappa shape index (κ3) is 17.2. The zero-order valence-electron chi connectivity index (χ0n) is 17.6. The first kappa shape index (κ1) is 24.4. The predicted molar refractivity (Wildman–Crippen MR) is 122 cm³/mol. The molecule has 3 heteroatoms. The van der Waals surface area contributed by atoms with Crippen molar-refractivity contribution in [2.45, 2.75) is 96.1 Å². The van der Waals surface area contributed by atoms with E-state index in [0.29, 0.717) is 0 Å². The Labute approximate surface area is 172 Å². The third-order valence-electron chi connectivity index (χ3n) is 5.18. The van der Waals surface area contributed by atoms with Gasteiger partial charge in [0.1, 0.15) is 0 Å². The van der Waals surface area contributed by atoms with Crippen molar-refractivity contribution >= 4 is 10.2 Å². The van der Waals surface area contributed by atoms with E-state index in [1.165, 1.54) is 102 Å². The number of rotatable bonds is 20. The summed E-state index contributed by atoms with van der Waals surface area (Å²) in [5.74, 6) is 0. The second-order valence-electron chi connectivity index (χ2n) is 7.76.